The van der Waals surface area contributed by atoms with E-state index in [1.807, 2.05) is 32.0 Å². The van der Waals surface area contributed by atoms with Crippen LogP contribution in [0.4, 0.5) is 11.4 Å². The molecule has 0 spiro atoms. The Hall–Kier alpha value is -1.88. The van der Waals surface area contributed by atoms with Gasteiger partial charge in [-0.2, -0.15) is 0 Å². The Labute approximate surface area is 119 Å². The molecule has 1 aromatic heterocycles. The third kappa shape index (κ3) is 3.12. The highest BCUT2D eigenvalue weighted by Crippen LogP contribution is 2.26. The number of carbonyl (C=O) groups is 1. The zero-order valence-electron chi connectivity index (χ0n) is 10.6. The van der Waals surface area contributed by atoms with Crippen LogP contribution < -0.4 is 5.32 Å². The Morgan fingerprint density at radius 3 is 2.68 bits per heavy atom. The number of aromatic carboxylic acids is 1. The van der Waals surface area contributed by atoms with Gasteiger partial charge in [0.05, 0.1) is 5.69 Å². The Bertz CT molecular complexity index is 641. The summed E-state index contributed by atoms with van der Waals surface area (Å²) >= 11 is 3.40. The number of nitrogens with one attached hydrogen (secondary N) is 1. The number of hydrogen-bond donors (Lipinski definition) is 2. The van der Waals surface area contributed by atoms with Crippen molar-refractivity contribution in [3.8, 4) is 0 Å². The van der Waals surface area contributed by atoms with Gasteiger partial charge in [0.2, 0.25) is 0 Å². The predicted molar refractivity (Wildman–Crippen MR) is 78.1 cm³/mol. The molecular weight excluding hydrogens is 308 g/mol. The van der Waals surface area contributed by atoms with E-state index in [-0.39, 0.29) is 5.56 Å². The Morgan fingerprint density at radius 2 is 2.00 bits per heavy atom. The van der Waals surface area contributed by atoms with E-state index in [1.54, 1.807) is 6.07 Å². The number of anilines is 2. The van der Waals surface area contributed by atoms with E-state index in [1.165, 1.54) is 6.20 Å². The Kier molecular flexibility index (Phi) is 3.85. The first kappa shape index (κ1) is 13.5. The first-order chi connectivity index (χ1) is 8.97. The van der Waals surface area contributed by atoms with Crippen molar-refractivity contribution in [3.05, 3.63) is 51.8 Å². The van der Waals surface area contributed by atoms with Crippen LogP contribution in [0.25, 0.3) is 0 Å². The summed E-state index contributed by atoms with van der Waals surface area (Å²) in [5, 5.41) is 12.3. The van der Waals surface area contributed by atoms with Gasteiger partial charge in [-0.15, -0.1) is 0 Å². The molecule has 0 saturated heterocycles. The number of carboxylic acids is 1. The zero-order valence-corrected chi connectivity index (χ0v) is 12.2. The van der Waals surface area contributed by atoms with Crippen LogP contribution in [-0.2, 0) is 0 Å². The molecule has 0 aliphatic rings. The summed E-state index contributed by atoms with van der Waals surface area (Å²) in [5.41, 5.74) is 3.36. The minimum Gasteiger partial charge on any atom is -0.478 e. The quantitative estimate of drug-likeness (QED) is 0.900. The van der Waals surface area contributed by atoms with E-state index in [4.69, 9.17) is 5.11 Å². The van der Waals surface area contributed by atoms with E-state index in [0.29, 0.717) is 5.69 Å². The molecule has 0 radical (unpaired) electrons. The monoisotopic (exact) mass is 320 g/mol. The van der Waals surface area contributed by atoms with Crippen molar-refractivity contribution < 1.29 is 9.90 Å². The number of hydrogen-bond acceptors (Lipinski definition) is 3. The number of carboxylic acid groups (broad SMARTS) is 1. The van der Waals surface area contributed by atoms with Gasteiger partial charge in [0.15, 0.2) is 0 Å². The van der Waals surface area contributed by atoms with Gasteiger partial charge < -0.3 is 10.4 Å². The summed E-state index contributed by atoms with van der Waals surface area (Å²) < 4.78 is 0.934. The van der Waals surface area contributed by atoms with Crippen molar-refractivity contribution in [2.24, 2.45) is 0 Å². The van der Waals surface area contributed by atoms with Gasteiger partial charge >= 0.3 is 5.97 Å². The topological polar surface area (TPSA) is 62.2 Å². The van der Waals surface area contributed by atoms with Crippen molar-refractivity contribution in [2.45, 2.75) is 13.8 Å². The fourth-order valence-corrected chi connectivity index (χ4v) is 2.07. The lowest BCUT2D eigenvalue weighted by Gasteiger charge is -2.12. The first-order valence-corrected chi connectivity index (χ1v) is 6.50. The Morgan fingerprint density at radius 1 is 1.26 bits per heavy atom. The largest absolute Gasteiger partial charge is 0.478 e. The van der Waals surface area contributed by atoms with E-state index in [2.05, 4.69) is 26.2 Å². The van der Waals surface area contributed by atoms with Crippen LogP contribution in [0.3, 0.4) is 0 Å². The van der Waals surface area contributed by atoms with Crippen molar-refractivity contribution >= 4 is 33.3 Å². The molecule has 1 heterocycles. The second kappa shape index (κ2) is 5.40. The molecule has 5 heteroatoms. The average molecular weight is 321 g/mol. The molecule has 1 aromatic carbocycles. The molecule has 0 bridgehead atoms. The van der Waals surface area contributed by atoms with E-state index in [0.717, 1.165) is 21.4 Å². The molecule has 2 N–H and O–H groups in total. The third-order valence-corrected chi connectivity index (χ3v) is 3.23. The van der Waals surface area contributed by atoms with Gasteiger partial charge in [0, 0.05) is 22.1 Å². The fraction of sp³-hybridized carbons (Fsp3) is 0.143. The van der Waals surface area contributed by atoms with Crippen LogP contribution in [0.2, 0.25) is 0 Å². The van der Waals surface area contributed by atoms with E-state index >= 15 is 0 Å². The highest BCUT2D eigenvalue weighted by atomic mass is 79.9. The lowest BCUT2D eigenvalue weighted by Crippen LogP contribution is -2.05. The van der Waals surface area contributed by atoms with Gasteiger partial charge in [-0.25, -0.2) is 4.79 Å². The lowest BCUT2D eigenvalue weighted by atomic mass is 10.1. The van der Waals surface area contributed by atoms with Crippen LogP contribution in [0.5, 0.6) is 0 Å². The molecule has 0 amide bonds. The van der Waals surface area contributed by atoms with Crippen molar-refractivity contribution in [3.63, 3.8) is 0 Å². The molecule has 98 valence electrons. The molecule has 2 rings (SSSR count). The number of pyridine rings is 1. The fourth-order valence-electron chi connectivity index (χ4n) is 1.71. The molecular formula is C14H13BrN2O2. The van der Waals surface area contributed by atoms with Crippen LogP contribution in [0.1, 0.15) is 21.6 Å². The smallest absolute Gasteiger partial charge is 0.339 e. The first-order valence-electron chi connectivity index (χ1n) is 5.70. The van der Waals surface area contributed by atoms with Crippen LogP contribution in [0, 0.1) is 13.8 Å². The summed E-state index contributed by atoms with van der Waals surface area (Å²) in [4.78, 5) is 15.2. The second-order valence-corrected chi connectivity index (χ2v) is 5.18. The zero-order chi connectivity index (χ0) is 14.0. The number of benzene rings is 1. The average Bonchev–Trinajstić information content (AvgIpc) is 2.33. The number of halogens is 1. The normalized spacial score (nSPS) is 10.3. The van der Waals surface area contributed by atoms with Crippen molar-refractivity contribution in [2.75, 3.05) is 5.32 Å². The van der Waals surface area contributed by atoms with E-state index < -0.39 is 5.97 Å². The van der Waals surface area contributed by atoms with Crippen LogP contribution in [-0.4, -0.2) is 16.1 Å². The molecule has 19 heavy (non-hydrogen) atoms. The number of aryl methyl sites for hydroxylation is 2. The highest BCUT2D eigenvalue weighted by molar-refractivity contribution is 9.10. The van der Waals surface area contributed by atoms with Crippen molar-refractivity contribution in [1.82, 2.24) is 4.98 Å². The molecule has 0 atom stereocenters. The minimum absolute atomic E-state index is 0.157. The SMILES string of the molecule is Cc1cc(Nc2cc(Br)ccc2C)c(C(=O)O)cn1. The maximum atomic E-state index is 11.2. The second-order valence-electron chi connectivity index (χ2n) is 4.26. The number of rotatable bonds is 3. The molecule has 0 fully saturated rings. The van der Waals surface area contributed by atoms with Gasteiger partial charge in [-0.1, -0.05) is 22.0 Å². The van der Waals surface area contributed by atoms with E-state index in [9.17, 15) is 4.79 Å². The Balaban J connectivity index is 2.45. The lowest BCUT2D eigenvalue weighted by molar-refractivity contribution is 0.0697. The molecule has 0 aliphatic heterocycles. The van der Waals surface area contributed by atoms with Gasteiger partial charge in [-0.05, 0) is 37.6 Å². The summed E-state index contributed by atoms with van der Waals surface area (Å²) in [6.45, 7) is 3.79. The number of aromatic nitrogens is 1. The van der Waals surface area contributed by atoms with Gasteiger partial charge in [0.1, 0.15) is 5.56 Å². The summed E-state index contributed by atoms with van der Waals surface area (Å²) in [5.74, 6) is -0.998. The molecule has 0 aliphatic carbocycles. The van der Waals surface area contributed by atoms with Crippen LogP contribution >= 0.6 is 15.9 Å². The summed E-state index contributed by atoms with van der Waals surface area (Å²) in [6.07, 6.45) is 1.37. The third-order valence-electron chi connectivity index (χ3n) is 2.74. The highest BCUT2D eigenvalue weighted by Gasteiger charge is 2.12. The standard InChI is InChI=1S/C14H13BrN2O2/c1-8-3-4-10(15)6-12(8)17-13-5-9(2)16-7-11(13)14(18)19/h3-7H,1-2H3,(H,16,17)(H,18,19). The number of nitrogens with zero attached hydrogens (tertiary/aromatic N) is 1. The summed E-state index contributed by atoms with van der Waals surface area (Å²) in [7, 11) is 0. The van der Waals surface area contributed by atoms with Gasteiger partial charge in [-0.3, -0.25) is 4.98 Å². The maximum Gasteiger partial charge on any atom is 0.339 e. The van der Waals surface area contributed by atoms with Gasteiger partial charge in [0.25, 0.3) is 0 Å². The molecule has 2 aromatic rings. The molecule has 4 nitrogen and oxygen atoms in total. The summed E-state index contributed by atoms with van der Waals surface area (Å²) in [6, 6.07) is 7.54. The maximum absolute atomic E-state index is 11.2. The van der Waals surface area contributed by atoms with Crippen molar-refractivity contribution in [1.29, 1.82) is 0 Å². The molecule has 0 saturated carbocycles. The molecule has 0 unspecified atom stereocenters. The predicted octanol–water partition coefficient (Wildman–Crippen LogP) is 3.90. The minimum atomic E-state index is -0.998. The van der Waals surface area contributed by atoms with Crippen LogP contribution in [0.15, 0.2) is 34.9 Å².